The third-order valence-corrected chi connectivity index (χ3v) is 5.43. The number of amides is 2. The molecule has 2 heterocycles. The van der Waals surface area contributed by atoms with Crippen LogP contribution >= 0.6 is 0 Å². The first-order chi connectivity index (χ1) is 17.0. The molecule has 2 amide bonds. The van der Waals surface area contributed by atoms with Gasteiger partial charge in [0.2, 0.25) is 11.9 Å². The third-order valence-electron chi connectivity index (χ3n) is 5.43. The Kier molecular flexibility index (Phi) is 6.15. The number of carbonyl (C=O) groups excluding carboxylic acids is 2. The summed E-state index contributed by atoms with van der Waals surface area (Å²) in [6, 6.07) is 12.6. The van der Waals surface area contributed by atoms with Crippen molar-refractivity contribution < 1.29 is 27.2 Å². The average Bonchev–Trinajstić information content (AvgIpc) is 3.13. The van der Waals surface area contributed by atoms with Gasteiger partial charge in [-0.1, -0.05) is 12.1 Å². The van der Waals surface area contributed by atoms with Gasteiger partial charge in [0.25, 0.3) is 5.91 Å². The van der Waals surface area contributed by atoms with E-state index in [0.717, 1.165) is 16.8 Å². The van der Waals surface area contributed by atoms with Crippen LogP contribution in [0.5, 0.6) is 0 Å². The molecule has 0 atom stereocenters. The molecular weight excluding hydrogens is 480 g/mol. The number of anilines is 1. The number of nitriles is 1. The molecule has 0 aliphatic carbocycles. The van der Waals surface area contributed by atoms with E-state index >= 15 is 0 Å². The summed E-state index contributed by atoms with van der Waals surface area (Å²) in [4.78, 5) is 28.5. The number of halogens is 4. The lowest BCUT2D eigenvalue weighted by molar-refractivity contribution is -0.140. The molecule has 3 N–H and O–H groups in total. The molecule has 36 heavy (non-hydrogen) atoms. The molecule has 12 heteroatoms. The molecule has 0 bridgehead atoms. The van der Waals surface area contributed by atoms with Crippen molar-refractivity contribution in [1.82, 2.24) is 14.8 Å². The second-order valence-corrected chi connectivity index (χ2v) is 7.82. The third kappa shape index (κ3) is 4.72. The van der Waals surface area contributed by atoms with Crippen molar-refractivity contribution in [3.8, 4) is 6.07 Å². The monoisotopic (exact) mass is 496 g/mol. The van der Waals surface area contributed by atoms with Crippen LogP contribution in [0, 0.1) is 24.2 Å². The molecule has 8 nitrogen and oxygen atoms in total. The minimum absolute atomic E-state index is 0.0135. The van der Waals surface area contributed by atoms with Crippen LogP contribution in [0.4, 0.5) is 23.2 Å². The van der Waals surface area contributed by atoms with Crippen LogP contribution in [0.3, 0.4) is 0 Å². The summed E-state index contributed by atoms with van der Waals surface area (Å²) in [5, 5.41) is 14.9. The van der Waals surface area contributed by atoms with E-state index in [9.17, 15) is 27.2 Å². The van der Waals surface area contributed by atoms with Gasteiger partial charge in [-0.25, -0.2) is 4.98 Å². The van der Waals surface area contributed by atoms with Crippen molar-refractivity contribution in [1.29, 1.82) is 5.26 Å². The van der Waals surface area contributed by atoms with Gasteiger partial charge in [-0.3, -0.25) is 14.3 Å². The van der Waals surface area contributed by atoms with Crippen molar-refractivity contribution in [2.24, 2.45) is 5.73 Å². The molecule has 0 unspecified atom stereocenters. The first-order valence-corrected chi connectivity index (χ1v) is 10.3. The van der Waals surface area contributed by atoms with Crippen molar-refractivity contribution in [2.45, 2.75) is 19.6 Å². The Hall–Kier alpha value is -4.79. The number of hydrogen-bond acceptors (Lipinski definition) is 5. The average molecular weight is 496 g/mol. The van der Waals surface area contributed by atoms with Gasteiger partial charge in [0.15, 0.2) is 5.69 Å². The predicted octanol–water partition coefficient (Wildman–Crippen LogP) is 4.17. The zero-order valence-corrected chi connectivity index (χ0v) is 18.5. The molecule has 0 saturated carbocycles. The van der Waals surface area contributed by atoms with Gasteiger partial charge in [-0.05, 0) is 48.9 Å². The summed E-state index contributed by atoms with van der Waals surface area (Å²) < 4.78 is 56.2. The lowest BCUT2D eigenvalue weighted by Gasteiger charge is -2.12. The topological polar surface area (TPSA) is 127 Å². The Morgan fingerprint density at radius 3 is 2.44 bits per heavy atom. The first kappa shape index (κ1) is 24.3. The smallest absolute Gasteiger partial charge is 0.366 e. The normalized spacial score (nSPS) is 11.3. The van der Waals surface area contributed by atoms with Crippen LogP contribution in [0.2, 0.25) is 0 Å². The van der Waals surface area contributed by atoms with E-state index in [0.29, 0.717) is 11.1 Å². The number of hydrogen-bond donors (Lipinski definition) is 2. The number of rotatable bonds is 5. The lowest BCUT2D eigenvalue weighted by atomic mass is 10.0. The van der Waals surface area contributed by atoms with E-state index in [1.807, 2.05) is 6.07 Å². The highest BCUT2D eigenvalue weighted by molar-refractivity contribution is 6.14. The van der Waals surface area contributed by atoms with Crippen molar-refractivity contribution in [3.05, 3.63) is 88.1 Å². The molecular formula is C24H16F4N6O2. The minimum Gasteiger partial charge on any atom is -0.366 e. The summed E-state index contributed by atoms with van der Waals surface area (Å²) in [6.07, 6.45) is -4.90. The predicted molar refractivity (Wildman–Crippen MR) is 120 cm³/mol. The Bertz CT molecular complexity index is 1550. The Morgan fingerprint density at radius 2 is 1.83 bits per heavy atom. The van der Waals surface area contributed by atoms with E-state index in [2.05, 4.69) is 15.4 Å². The van der Waals surface area contributed by atoms with Gasteiger partial charge < -0.3 is 11.1 Å². The van der Waals surface area contributed by atoms with Crippen LogP contribution < -0.4 is 11.1 Å². The number of nitrogens with zero attached hydrogens (tertiary/aromatic N) is 4. The highest BCUT2D eigenvalue weighted by Gasteiger charge is 2.39. The van der Waals surface area contributed by atoms with Crippen LogP contribution in [-0.2, 0) is 12.7 Å². The summed E-state index contributed by atoms with van der Waals surface area (Å²) in [5.74, 6) is -2.81. The molecule has 0 saturated heterocycles. The van der Waals surface area contributed by atoms with E-state index in [4.69, 9.17) is 11.0 Å². The van der Waals surface area contributed by atoms with Crippen LogP contribution in [-0.4, -0.2) is 26.6 Å². The summed E-state index contributed by atoms with van der Waals surface area (Å²) in [5.41, 5.74) is 3.92. The van der Waals surface area contributed by atoms with Crippen molar-refractivity contribution in [3.63, 3.8) is 0 Å². The van der Waals surface area contributed by atoms with Crippen LogP contribution in [0.1, 0.15) is 43.2 Å². The second kappa shape index (κ2) is 9.10. The molecule has 0 fully saturated rings. The Balaban J connectivity index is 1.76. The minimum atomic E-state index is -4.90. The number of benzene rings is 2. The zero-order chi connectivity index (χ0) is 26.2. The number of nitrogens with two attached hydrogens (primary N) is 1. The fourth-order valence-electron chi connectivity index (χ4n) is 3.63. The maximum Gasteiger partial charge on any atom is 0.437 e. The number of alkyl halides is 3. The largest absolute Gasteiger partial charge is 0.437 e. The Morgan fingerprint density at radius 1 is 1.14 bits per heavy atom. The van der Waals surface area contributed by atoms with Gasteiger partial charge in [0, 0.05) is 16.5 Å². The highest BCUT2D eigenvalue weighted by Crippen LogP contribution is 2.36. The molecule has 0 aliphatic heterocycles. The molecule has 4 aromatic rings. The maximum atomic E-state index is 13.8. The molecule has 2 aromatic heterocycles. The molecule has 0 spiro atoms. The zero-order valence-electron chi connectivity index (χ0n) is 18.5. The number of fused-ring (bicyclic) bond motifs is 1. The van der Waals surface area contributed by atoms with Gasteiger partial charge in [-0.15, -0.1) is 0 Å². The van der Waals surface area contributed by atoms with E-state index in [-0.39, 0.29) is 34.3 Å². The SMILES string of the molecule is Cc1c(NC(=O)c2cc(C(N)=O)cc3nc(F)ccc23)c(C(F)(F)F)nn1Cc1ccc(C#N)cc1. The molecule has 0 radical (unpaired) electrons. The number of aromatic nitrogens is 3. The number of carbonyl (C=O) groups is 2. The summed E-state index contributed by atoms with van der Waals surface area (Å²) >= 11 is 0. The quantitative estimate of drug-likeness (QED) is 0.317. The standard InChI is InChI=1S/C24H16F4N6O2/c1-12-20(21(24(26,27)28)33-34(12)11-14-4-2-13(10-29)3-5-14)32-23(36)17-8-15(22(30)35)9-18-16(17)6-7-19(25)31-18/h2-9H,11H2,1H3,(H2,30,35)(H,32,36). The molecule has 2 aromatic carbocycles. The molecule has 0 aliphatic rings. The van der Waals surface area contributed by atoms with Crippen molar-refractivity contribution >= 4 is 28.4 Å². The van der Waals surface area contributed by atoms with Crippen molar-refractivity contribution in [2.75, 3.05) is 5.32 Å². The van der Waals surface area contributed by atoms with Gasteiger partial charge in [0.1, 0.15) is 0 Å². The van der Waals surface area contributed by atoms with E-state index in [1.54, 1.807) is 12.1 Å². The molecule has 4 rings (SSSR count). The highest BCUT2D eigenvalue weighted by atomic mass is 19.4. The van der Waals surface area contributed by atoms with Crippen LogP contribution in [0.15, 0.2) is 48.5 Å². The lowest BCUT2D eigenvalue weighted by Crippen LogP contribution is -2.19. The number of nitrogens with one attached hydrogen (secondary N) is 1. The van der Waals surface area contributed by atoms with Gasteiger partial charge >= 0.3 is 6.18 Å². The summed E-state index contributed by atoms with van der Waals surface area (Å²) in [7, 11) is 0. The second-order valence-electron chi connectivity index (χ2n) is 7.82. The summed E-state index contributed by atoms with van der Waals surface area (Å²) in [6.45, 7) is 1.30. The fraction of sp³-hybridized carbons (Fsp3) is 0.125. The van der Waals surface area contributed by atoms with Crippen LogP contribution in [0.25, 0.3) is 10.9 Å². The van der Waals surface area contributed by atoms with E-state index < -0.39 is 35.3 Å². The molecule has 182 valence electrons. The van der Waals surface area contributed by atoms with Gasteiger partial charge in [-0.2, -0.15) is 27.9 Å². The van der Waals surface area contributed by atoms with Gasteiger partial charge in [0.05, 0.1) is 35.1 Å². The Labute approximate surface area is 201 Å². The number of pyridine rings is 1. The maximum absolute atomic E-state index is 13.8. The van der Waals surface area contributed by atoms with E-state index in [1.165, 1.54) is 31.2 Å². The number of primary amides is 1. The fourth-order valence-corrected chi connectivity index (χ4v) is 3.63. The first-order valence-electron chi connectivity index (χ1n) is 10.3.